The second-order valence-electron chi connectivity index (χ2n) is 9.05. The third kappa shape index (κ3) is 3.34. The fourth-order valence-corrected chi connectivity index (χ4v) is 6.24. The van der Waals surface area contributed by atoms with E-state index in [9.17, 15) is 5.26 Å². The van der Waals surface area contributed by atoms with Gasteiger partial charge in [0.2, 0.25) is 11.7 Å². The molecule has 2 N–H and O–H groups in total. The van der Waals surface area contributed by atoms with Crippen LogP contribution >= 0.6 is 11.3 Å². The van der Waals surface area contributed by atoms with Crippen LogP contribution in [0.1, 0.15) is 48.6 Å². The molecule has 9 heteroatoms. The zero-order valence-corrected chi connectivity index (χ0v) is 19.4. The summed E-state index contributed by atoms with van der Waals surface area (Å²) in [5, 5.41) is 14.6. The van der Waals surface area contributed by atoms with E-state index in [-0.39, 0.29) is 0 Å². The molecule has 0 radical (unpaired) electrons. The summed E-state index contributed by atoms with van der Waals surface area (Å²) in [4.78, 5) is 15.4. The molecule has 0 spiro atoms. The van der Waals surface area contributed by atoms with E-state index in [0.29, 0.717) is 34.0 Å². The van der Waals surface area contributed by atoms with Crippen molar-refractivity contribution in [2.24, 2.45) is 0 Å². The Morgan fingerprint density at radius 3 is 2.94 bits per heavy atom. The minimum atomic E-state index is -0.526. The van der Waals surface area contributed by atoms with Gasteiger partial charge in [-0.15, -0.1) is 11.3 Å². The summed E-state index contributed by atoms with van der Waals surface area (Å²) in [6.45, 7) is 7.24. The number of pyridine rings is 1. The molecule has 3 aromatic rings. The number of hydrogen-bond donors (Lipinski definition) is 1. The van der Waals surface area contributed by atoms with Crippen LogP contribution < -0.4 is 10.6 Å². The molecule has 4 heterocycles. The van der Waals surface area contributed by atoms with E-state index < -0.39 is 5.41 Å². The number of nitrogen functional groups attached to an aromatic ring is 1. The van der Waals surface area contributed by atoms with Gasteiger partial charge in [-0.05, 0) is 52.3 Å². The first-order chi connectivity index (χ1) is 15.4. The van der Waals surface area contributed by atoms with Gasteiger partial charge in [0.05, 0.1) is 11.0 Å². The lowest BCUT2D eigenvalue weighted by atomic mass is 9.72. The van der Waals surface area contributed by atoms with Crippen LogP contribution in [0.2, 0.25) is 0 Å². The van der Waals surface area contributed by atoms with Crippen LogP contribution in [0.4, 0.5) is 10.8 Å². The summed E-state index contributed by atoms with van der Waals surface area (Å²) in [5.74, 6) is 1.92. The van der Waals surface area contributed by atoms with Gasteiger partial charge in [-0.25, -0.2) is 4.98 Å². The summed E-state index contributed by atoms with van der Waals surface area (Å²) in [6, 6.07) is 8.61. The molecule has 1 aliphatic heterocycles. The van der Waals surface area contributed by atoms with Crippen molar-refractivity contribution in [2.75, 3.05) is 37.3 Å². The smallest absolute Gasteiger partial charge is 0.237 e. The van der Waals surface area contributed by atoms with Crippen molar-refractivity contribution in [3.8, 4) is 17.6 Å². The fourth-order valence-electron chi connectivity index (χ4n) is 5.05. The molecule has 32 heavy (non-hydrogen) atoms. The van der Waals surface area contributed by atoms with Gasteiger partial charge in [0.25, 0.3) is 0 Å². The van der Waals surface area contributed by atoms with Gasteiger partial charge in [0.15, 0.2) is 0 Å². The minimum Gasteiger partial charge on any atom is -0.389 e. The number of thiophene rings is 1. The molecule has 1 aliphatic carbocycles. The van der Waals surface area contributed by atoms with Gasteiger partial charge in [0, 0.05) is 36.1 Å². The molecule has 0 saturated carbocycles. The lowest BCUT2D eigenvalue weighted by Gasteiger charge is -2.39. The third-order valence-electron chi connectivity index (χ3n) is 6.74. The van der Waals surface area contributed by atoms with Crippen LogP contribution in [-0.2, 0) is 11.8 Å². The summed E-state index contributed by atoms with van der Waals surface area (Å²) in [5.41, 5.74) is 7.82. The van der Waals surface area contributed by atoms with E-state index in [2.05, 4.69) is 41.9 Å². The number of anilines is 2. The van der Waals surface area contributed by atoms with Gasteiger partial charge in [-0.2, -0.15) is 10.2 Å². The van der Waals surface area contributed by atoms with Crippen LogP contribution in [0, 0.1) is 11.3 Å². The molecule has 2 aliphatic rings. The lowest BCUT2D eigenvalue weighted by molar-refractivity contribution is 0.274. The Labute approximate surface area is 191 Å². The Bertz CT molecular complexity index is 1200. The Morgan fingerprint density at radius 1 is 1.31 bits per heavy atom. The predicted molar refractivity (Wildman–Crippen MR) is 125 cm³/mol. The second kappa shape index (κ2) is 7.87. The molecular formula is C23H27N7OS. The Kier molecular flexibility index (Phi) is 5.14. The topological polar surface area (TPSA) is 108 Å². The van der Waals surface area contributed by atoms with Crippen LogP contribution in [-0.4, -0.2) is 52.7 Å². The molecule has 1 fully saturated rings. The summed E-state index contributed by atoms with van der Waals surface area (Å²) in [6.07, 6.45) is 2.75. The van der Waals surface area contributed by atoms with E-state index in [1.807, 2.05) is 18.2 Å². The second-order valence-corrected chi connectivity index (χ2v) is 10.2. The van der Waals surface area contributed by atoms with Crippen molar-refractivity contribution in [3.05, 3.63) is 40.1 Å². The largest absolute Gasteiger partial charge is 0.389 e. The number of nitrogens with zero attached hydrogens (tertiary/aromatic N) is 6. The Balaban J connectivity index is 1.49. The van der Waals surface area contributed by atoms with Crippen molar-refractivity contribution in [1.82, 2.24) is 20.0 Å². The summed E-state index contributed by atoms with van der Waals surface area (Å²) < 4.78 is 5.78. The quantitative estimate of drug-likeness (QED) is 0.648. The zero-order chi connectivity index (χ0) is 22.5. The van der Waals surface area contributed by atoms with Gasteiger partial charge < -0.3 is 20.1 Å². The molecule has 166 valence electrons. The molecule has 3 aromatic heterocycles. The van der Waals surface area contributed by atoms with Gasteiger partial charge in [-0.1, -0.05) is 11.2 Å². The molecule has 0 aromatic carbocycles. The molecule has 1 saturated heterocycles. The van der Waals surface area contributed by atoms with Gasteiger partial charge in [-0.3, -0.25) is 0 Å². The van der Waals surface area contributed by atoms with E-state index in [1.165, 1.54) is 11.3 Å². The normalized spacial score (nSPS) is 23.7. The first-order valence-electron chi connectivity index (χ1n) is 11.0. The highest BCUT2D eigenvalue weighted by atomic mass is 32.1. The van der Waals surface area contributed by atoms with E-state index >= 15 is 0 Å². The number of fused-ring (bicyclic) bond motifs is 1. The number of piperazine rings is 1. The first kappa shape index (κ1) is 20.9. The molecule has 2 atom stereocenters. The maximum absolute atomic E-state index is 9.71. The van der Waals surface area contributed by atoms with E-state index in [1.54, 1.807) is 0 Å². The number of nitriles is 1. The maximum atomic E-state index is 9.71. The first-order valence-corrected chi connectivity index (χ1v) is 11.8. The maximum Gasteiger partial charge on any atom is 0.237 e. The van der Waals surface area contributed by atoms with E-state index in [0.717, 1.165) is 55.2 Å². The highest BCUT2D eigenvalue weighted by molar-refractivity contribution is 7.16. The number of likely N-dealkylation sites (N-methyl/N-ethyl adjacent to an activating group) is 1. The molecular weight excluding hydrogens is 422 g/mol. The third-order valence-corrected chi connectivity index (χ3v) is 7.82. The Hall–Kier alpha value is -2.96. The van der Waals surface area contributed by atoms with Crippen LogP contribution in [0.15, 0.2) is 22.7 Å². The predicted octanol–water partition coefficient (Wildman–Crippen LogP) is 3.43. The van der Waals surface area contributed by atoms with Crippen molar-refractivity contribution in [3.63, 3.8) is 0 Å². The average molecular weight is 450 g/mol. The SMILES string of the molecule is C[C@H]1CN(C)CCN1c1cccc(-c2noc([C@@]3(C)CCCc4sc(N)c(C#N)c43)n2)n1. The summed E-state index contributed by atoms with van der Waals surface area (Å²) >= 11 is 1.50. The molecule has 0 amide bonds. The van der Waals surface area contributed by atoms with Crippen molar-refractivity contribution < 1.29 is 4.52 Å². The standard InChI is InChI=1S/C23H27N7OS/c1-14-13-29(3)10-11-30(14)18-8-4-6-16(26-18)21-27-22(31-28-21)23(2)9-5-7-17-19(23)15(12-24)20(25)32-17/h4,6,8,14H,5,7,9-11,13,25H2,1-3H3/t14-,23-/m0/s1. The molecule has 5 rings (SSSR count). The van der Waals surface area contributed by atoms with Gasteiger partial charge >= 0.3 is 0 Å². The number of aromatic nitrogens is 3. The number of hydrogen-bond acceptors (Lipinski definition) is 9. The highest BCUT2D eigenvalue weighted by Gasteiger charge is 2.43. The molecule has 8 nitrogen and oxygen atoms in total. The lowest BCUT2D eigenvalue weighted by Crippen LogP contribution is -2.50. The average Bonchev–Trinajstić information content (AvgIpc) is 3.39. The highest BCUT2D eigenvalue weighted by Crippen LogP contribution is 2.48. The Morgan fingerprint density at radius 2 is 2.16 bits per heavy atom. The molecule has 0 bridgehead atoms. The number of nitrogens with two attached hydrogens (primary N) is 1. The van der Waals surface area contributed by atoms with Crippen LogP contribution in [0.25, 0.3) is 11.5 Å². The number of aryl methyl sites for hydroxylation is 1. The van der Waals surface area contributed by atoms with Crippen molar-refractivity contribution >= 4 is 22.2 Å². The zero-order valence-electron chi connectivity index (χ0n) is 18.6. The number of rotatable bonds is 3. The van der Waals surface area contributed by atoms with Crippen molar-refractivity contribution in [1.29, 1.82) is 5.26 Å². The molecule has 0 unspecified atom stereocenters. The monoisotopic (exact) mass is 449 g/mol. The van der Waals surface area contributed by atoms with E-state index in [4.69, 9.17) is 20.2 Å². The van der Waals surface area contributed by atoms with Crippen molar-refractivity contribution in [2.45, 2.75) is 44.6 Å². The fraction of sp³-hybridized carbons (Fsp3) is 0.478. The summed E-state index contributed by atoms with van der Waals surface area (Å²) in [7, 11) is 2.15. The van der Waals surface area contributed by atoms with Crippen LogP contribution in [0.3, 0.4) is 0 Å². The minimum absolute atomic E-state index is 0.380. The van der Waals surface area contributed by atoms with Crippen LogP contribution in [0.5, 0.6) is 0 Å². The van der Waals surface area contributed by atoms with Gasteiger partial charge in [0.1, 0.15) is 22.6 Å².